The van der Waals surface area contributed by atoms with Gasteiger partial charge < -0.3 is 14.0 Å². The van der Waals surface area contributed by atoms with Crippen LogP contribution in [0.15, 0.2) is 132 Å². The Labute approximate surface area is 332 Å². The summed E-state index contributed by atoms with van der Waals surface area (Å²) in [5.74, 6) is 1.41. The van der Waals surface area contributed by atoms with Crippen LogP contribution in [0.4, 0.5) is 0 Å². The van der Waals surface area contributed by atoms with Gasteiger partial charge >= 0.3 is 0 Å². The van der Waals surface area contributed by atoms with E-state index in [1.807, 2.05) is 60.7 Å². The van der Waals surface area contributed by atoms with Gasteiger partial charge in [-0.05, 0) is 65.1 Å². The van der Waals surface area contributed by atoms with Gasteiger partial charge in [-0.25, -0.2) is 0 Å². The molecule has 0 amide bonds. The van der Waals surface area contributed by atoms with Gasteiger partial charge in [0, 0.05) is 54.8 Å². The van der Waals surface area contributed by atoms with E-state index in [-0.39, 0.29) is 31.2 Å². The number of imidazole rings is 1. The quantitative estimate of drug-likeness (QED) is 0.150. The average Bonchev–Trinajstić information content (AvgIpc) is 3.82. The molecular formula is C47H43IrN3O-2. The fraction of sp³-hybridized carbons (Fsp3) is 0.191. The molecule has 1 radical (unpaired) electrons. The molecule has 3 aromatic heterocycles. The summed E-state index contributed by atoms with van der Waals surface area (Å²) >= 11 is 0. The first kappa shape index (κ1) is 27.5. The zero-order valence-electron chi connectivity index (χ0n) is 37.4. The molecular weight excluding hydrogens is 815 g/mol. The number of pyridine rings is 1. The van der Waals surface area contributed by atoms with Crippen LogP contribution in [-0.4, -0.2) is 14.5 Å². The Balaban J connectivity index is 0.000000243. The minimum Gasteiger partial charge on any atom is -0.557 e. The maximum Gasteiger partial charge on any atom is 0.0774 e. The van der Waals surface area contributed by atoms with Crippen LogP contribution in [0.1, 0.15) is 83.9 Å². The fourth-order valence-electron chi connectivity index (χ4n) is 6.23. The number of aromatic nitrogens is 3. The molecule has 3 heterocycles. The molecule has 8 aromatic rings. The molecule has 0 bridgehead atoms. The first-order valence-electron chi connectivity index (χ1n) is 21.1. The molecule has 5 aromatic carbocycles. The Kier molecular flexibility index (Phi) is 8.51. The zero-order chi connectivity index (χ0) is 42.3. The first-order valence-corrected chi connectivity index (χ1v) is 17.1. The largest absolute Gasteiger partial charge is 0.557 e. The van der Waals surface area contributed by atoms with Crippen molar-refractivity contribution in [1.82, 2.24) is 14.5 Å². The SMILES string of the molecule is [2H]C([2H])([2H])c1c[c-]c(-c2ccc(C([2H])([2H])[2H])cn2)cc1.[2H]C([2H])(c1ccccc1)c1ccc2c(-c3nc4ccccc4n3-c3c(C(C)C)cccc3C(C)C)[c-]oc2c1.[Ir]. The zero-order valence-corrected chi connectivity index (χ0v) is 31.8. The van der Waals surface area contributed by atoms with Gasteiger partial charge in [-0.2, -0.15) is 0 Å². The molecule has 0 saturated carbocycles. The molecule has 0 aliphatic heterocycles. The van der Waals surface area contributed by atoms with Crippen molar-refractivity contribution < 1.29 is 35.5 Å². The van der Waals surface area contributed by atoms with E-state index in [1.54, 1.807) is 18.2 Å². The Morgan fingerprint density at radius 3 is 2.17 bits per heavy atom. The number of furan rings is 1. The third kappa shape index (κ3) is 7.72. The van der Waals surface area contributed by atoms with Gasteiger partial charge in [-0.3, -0.25) is 4.98 Å². The van der Waals surface area contributed by atoms with Crippen LogP contribution in [-0.2, 0) is 26.5 Å². The van der Waals surface area contributed by atoms with Crippen LogP contribution in [0.5, 0.6) is 0 Å². The molecule has 0 saturated heterocycles. The fourth-order valence-corrected chi connectivity index (χ4v) is 6.23. The summed E-state index contributed by atoms with van der Waals surface area (Å²) in [4.78, 5) is 9.17. The first-order chi connectivity index (χ1) is 27.9. The van der Waals surface area contributed by atoms with Crippen molar-refractivity contribution in [2.24, 2.45) is 0 Å². The molecule has 0 aliphatic rings. The second-order valence-corrected chi connectivity index (χ2v) is 13.1. The molecule has 4 nitrogen and oxygen atoms in total. The minimum atomic E-state index is -2.18. The summed E-state index contributed by atoms with van der Waals surface area (Å²) in [5, 5.41) is 0.854. The van der Waals surface area contributed by atoms with Crippen LogP contribution in [0, 0.1) is 26.0 Å². The minimum absolute atomic E-state index is 0. The van der Waals surface area contributed by atoms with Gasteiger partial charge in [-0.1, -0.05) is 136 Å². The second kappa shape index (κ2) is 16.1. The van der Waals surface area contributed by atoms with Gasteiger partial charge in [-0.15, -0.1) is 41.5 Å². The Bertz CT molecular complexity index is 2640. The smallest absolute Gasteiger partial charge is 0.0774 e. The van der Waals surface area contributed by atoms with Crippen molar-refractivity contribution in [2.75, 3.05) is 0 Å². The normalized spacial score (nSPS) is 14.2. The summed E-state index contributed by atoms with van der Waals surface area (Å²) in [7, 11) is 0. The van der Waals surface area contributed by atoms with E-state index < -0.39 is 20.1 Å². The van der Waals surface area contributed by atoms with Crippen LogP contribution >= 0.6 is 0 Å². The Morgan fingerprint density at radius 1 is 0.769 bits per heavy atom. The molecule has 0 atom stereocenters. The van der Waals surface area contributed by atoms with E-state index in [9.17, 15) is 0 Å². The van der Waals surface area contributed by atoms with Crippen molar-refractivity contribution in [3.05, 3.63) is 173 Å². The maximum absolute atomic E-state index is 8.80. The van der Waals surface area contributed by atoms with E-state index in [2.05, 4.69) is 73.8 Å². The van der Waals surface area contributed by atoms with E-state index in [0.29, 0.717) is 39.8 Å². The molecule has 0 fully saturated rings. The number of hydrogen-bond acceptors (Lipinski definition) is 3. The average molecular weight is 866 g/mol. The topological polar surface area (TPSA) is 43.9 Å². The molecule has 52 heavy (non-hydrogen) atoms. The number of nitrogens with zero attached hydrogens (tertiary/aromatic N) is 3. The molecule has 0 unspecified atom stereocenters. The van der Waals surface area contributed by atoms with Crippen LogP contribution in [0.3, 0.4) is 0 Å². The van der Waals surface area contributed by atoms with Crippen molar-refractivity contribution in [1.29, 1.82) is 0 Å². The number of hydrogen-bond donors (Lipinski definition) is 0. The molecule has 0 N–H and O–H groups in total. The summed E-state index contributed by atoms with van der Waals surface area (Å²) in [6.45, 7) is 4.56. The molecule has 0 aliphatic carbocycles. The van der Waals surface area contributed by atoms with Gasteiger partial charge in [0.15, 0.2) is 0 Å². The van der Waals surface area contributed by atoms with Gasteiger partial charge in [0.2, 0.25) is 0 Å². The van der Waals surface area contributed by atoms with Crippen molar-refractivity contribution in [2.45, 2.75) is 59.6 Å². The van der Waals surface area contributed by atoms with Gasteiger partial charge in [0.05, 0.1) is 16.9 Å². The molecule has 5 heteroatoms. The number of para-hydroxylation sites is 3. The predicted molar refractivity (Wildman–Crippen MR) is 211 cm³/mol. The third-order valence-corrected chi connectivity index (χ3v) is 8.78. The monoisotopic (exact) mass is 866 g/mol. The molecule has 263 valence electrons. The van der Waals surface area contributed by atoms with Crippen molar-refractivity contribution >= 4 is 22.0 Å². The summed E-state index contributed by atoms with van der Waals surface area (Å²) in [6.07, 6.45) is 2.78. The number of rotatable bonds is 7. The van der Waals surface area contributed by atoms with E-state index in [0.717, 1.165) is 33.5 Å². The maximum atomic E-state index is 8.80. The van der Waals surface area contributed by atoms with Crippen molar-refractivity contribution in [3.63, 3.8) is 0 Å². The van der Waals surface area contributed by atoms with Crippen LogP contribution in [0.25, 0.3) is 50.3 Å². The summed E-state index contributed by atoms with van der Waals surface area (Å²) < 4.78 is 69.5. The predicted octanol–water partition coefficient (Wildman–Crippen LogP) is 12.2. The second-order valence-electron chi connectivity index (χ2n) is 13.1. The van der Waals surface area contributed by atoms with Crippen molar-refractivity contribution in [3.8, 4) is 28.3 Å². The summed E-state index contributed by atoms with van der Waals surface area (Å²) in [6, 6.07) is 40.0. The standard InChI is InChI=1S/C34H31N2O.C13H12N.Ir/c1-22(2)26-13-10-14-27(23(3)4)33(26)36-31-16-9-8-15-30(31)35-34(36)29-21-37-32-20-25(17-18-28(29)32)19-24-11-6-5-7-12-24;1-10-3-6-12(7-4-10)13-8-5-11(2)9-14-13;/h5-18,20,22-23H,19H2,1-4H3;3-6,8-9H,1-2H3;/q2*-1;/i19D2;1D3,2D3;. The number of aryl methyl sites for hydroxylation is 2. The van der Waals surface area contributed by atoms with E-state index in [1.165, 1.54) is 35.5 Å². The Hall–Kier alpha value is -5.09. The van der Waals surface area contributed by atoms with E-state index in [4.69, 9.17) is 20.4 Å². The van der Waals surface area contributed by atoms with Crippen LogP contribution in [0.2, 0.25) is 0 Å². The van der Waals surface area contributed by atoms with Gasteiger partial charge in [0.1, 0.15) is 0 Å². The van der Waals surface area contributed by atoms with Crippen LogP contribution < -0.4 is 0 Å². The molecule has 8 rings (SSSR count). The summed E-state index contributed by atoms with van der Waals surface area (Å²) in [5.41, 5.74) is 9.65. The third-order valence-electron chi connectivity index (χ3n) is 8.78. The Morgan fingerprint density at radius 2 is 1.50 bits per heavy atom. The van der Waals surface area contributed by atoms with E-state index >= 15 is 0 Å². The number of fused-ring (bicyclic) bond motifs is 2. The number of benzene rings is 5. The van der Waals surface area contributed by atoms with Gasteiger partial charge in [0.25, 0.3) is 0 Å². The molecule has 0 spiro atoms.